The average Bonchev–Trinajstić information content (AvgIpc) is 2.66. The van der Waals surface area contributed by atoms with E-state index in [2.05, 4.69) is 25.7 Å². The maximum atomic E-state index is 6.22. The van der Waals surface area contributed by atoms with Gasteiger partial charge in [0.05, 0.1) is 0 Å². The van der Waals surface area contributed by atoms with E-state index in [0.717, 1.165) is 24.3 Å². The van der Waals surface area contributed by atoms with Gasteiger partial charge in [0.1, 0.15) is 0 Å². The van der Waals surface area contributed by atoms with Crippen molar-refractivity contribution in [3.8, 4) is 0 Å². The molecule has 0 radical (unpaired) electrons. The van der Waals surface area contributed by atoms with Crippen LogP contribution >= 0.6 is 0 Å². The lowest BCUT2D eigenvalue weighted by Crippen LogP contribution is -2.56. The predicted octanol–water partition coefficient (Wildman–Crippen LogP) is 3.65. The Labute approximate surface area is 120 Å². The van der Waals surface area contributed by atoms with Gasteiger partial charge in [0.2, 0.25) is 0 Å². The van der Waals surface area contributed by atoms with E-state index in [9.17, 15) is 0 Å². The molecular formula is C17H34N2. The SMILES string of the molecule is CC1CCC(CN)(N2CCCC(C(C)C)CC2)CC1. The van der Waals surface area contributed by atoms with E-state index in [4.69, 9.17) is 5.73 Å². The first kappa shape index (κ1) is 15.3. The fourth-order valence-electron chi connectivity index (χ4n) is 4.21. The van der Waals surface area contributed by atoms with Crippen molar-refractivity contribution in [2.45, 2.75) is 71.3 Å². The fraction of sp³-hybridized carbons (Fsp3) is 1.00. The molecule has 1 atom stereocenters. The van der Waals surface area contributed by atoms with Gasteiger partial charge in [-0.15, -0.1) is 0 Å². The highest BCUT2D eigenvalue weighted by atomic mass is 15.2. The van der Waals surface area contributed by atoms with E-state index in [1.807, 2.05) is 0 Å². The van der Waals surface area contributed by atoms with Crippen molar-refractivity contribution in [2.75, 3.05) is 19.6 Å². The Hall–Kier alpha value is -0.0800. The average molecular weight is 266 g/mol. The summed E-state index contributed by atoms with van der Waals surface area (Å²) in [5, 5.41) is 0. The van der Waals surface area contributed by atoms with Crippen LogP contribution < -0.4 is 5.73 Å². The Morgan fingerprint density at radius 1 is 1.11 bits per heavy atom. The Morgan fingerprint density at radius 3 is 2.37 bits per heavy atom. The van der Waals surface area contributed by atoms with Gasteiger partial charge in [-0.3, -0.25) is 4.90 Å². The molecule has 112 valence electrons. The van der Waals surface area contributed by atoms with Crippen LogP contribution in [0.2, 0.25) is 0 Å². The molecule has 2 rings (SSSR count). The molecule has 0 aromatic carbocycles. The van der Waals surface area contributed by atoms with E-state index in [-0.39, 0.29) is 0 Å². The molecule has 2 nitrogen and oxygen atoms in total. The third kappa shape index (κ3) is 3.52. The zero-order valence-corrected chi connectivity index (χ0v) is 13.3. The molecule has 0 spiro atoms. The quantitative estimate of drug-likeness (QED) is 0.845. The lowest BCUT2D eigenvalue weighted by Gasteiger charge is -2.47. The maximum Gasteiger partial charge on any atom is 0.0331 e. The van der Waals surface area contributed by atoms with Gasteiger partial charge in [0.15, 0.2) is 0 Å². The highest BCUT2D eigenvalue weighted by molar-refractivity contribution is 4.96. The molecule has 1 heterocycles. The van der Waals surface area contributed by atoms with Crippen LogP contribution in [0.1, 0.15) is 65.7 Å². The van der Waals surface area contributed by atoms with E-state index < -0.39 is 0 Å². The Kier molecular flexibility index (Phi) is 5.30. The fourth-order valence-corrected chi connectivity index (χ4v) is 4.21. The van der Waals surface area contributed by atoms with Crippen LogP contribution in [0.15, 0.2) is 0 Å². The minimum Gasteiger partial charge on any atom is -0.329 e. The van der Waals surface area contributed by atoms with E-state index in [1.165, 1.54) is 58.0 Å². The van der Waals surface area contributed by atoms with E-state index >= 15 is 0 Å². The molecule has 2 N–H and O–H groups in total. The van der Waals surface area contributed by atoms with Crippen molar-refractivity contribution in [2.24, 2.45) is 23.5 Å². The molecule has 2 heteroatoms. The zero-order valence-electron chi connectivity index (χ0n) is 13.3. The minimum absolute atomic E-state index is 0.346. The van der Waals surface area contributed by atoms with Gasteiger partial charge in [-0.25, -0.2) is 0 Å². The standard InChI is InChI=1S/C17H34N2/c1-14(2)16-5-4-11-19(12-8-16)17(13-18)9-6-15(3)7-10-17/h14-16H,4-13,18H2,1-3H3. The molecule has 1 saturated heterocycles. The summed E-state index contributed by atoms with van der Waals surface area (Å²) in [7, 11) is 0. The molecule has 0 aromatic rings. The highest BCUT2D eigenvalue weighted by Gasteiger charge is 2.39. The van der Waals surface area contributed by atoms with Crippen molar-refractivity contribution in [1.29, 1.82) is 0 Å². The lowest BCUT2D eigenvalue weighted by atomic mass is 9.76. The maximum absolute atomic E-state index is 6.22. The second kappa shape index (κ2) is 6.58. The summed E-state index contributed by atoms with van der Waals surface area (Å²) < 4.78 is 0. The van der Waals surface area contributed by atoms with Crippen LogP contribution in [0, 0.1) is 17.8 Å². The largest absolute Gasteiger partial charge is 0.329 e. The van der Waals surface area contributed by atoms with E-state index in [0.29, 0.717) is 5.54 Å². The summed E-state index contributed by atoms with van der Waals surface area (Å²) in [6.07, 6.45) is 9.59. The first-order chi connectivity index (χ1) is 9.07. The van der Waals surface area contributed by atoms with Crippen molar-refractivity contribution >= 4 is 0 Å². The number of rotatable bonds is 3. The first-order valence-corrected chi connectivity index (χ1v) is 8.52. The third-order valence-electron chi connectivity index (χ3n) is 5.97. The van der Waals surface area contributed by atoms with Crippen molar-refractivity contribution < 1.29 is 0 Å². The predicted molar refractivity (Wildman–Crippen MR) is 83.2 cm³/mol. The molecule has 0 bridgehead atoms. The van der Waals surface area contributed by atoms with Crippen LogP contribution in [-0.2, 0) is 0 Å². The molecule has 1 saturated carbocycles. The van der Waals surface area contributed by atoms with Crippen LogP contribution in [0.3, 0.4) is 0 Å². The number of hydrogen-bond acceptors (Lipinski definition) is 2. The second-order valence-corrected chi connectivity index (χ2v) is 7.53. The number of hydrogen-bond donors (Lipinski definition) is 1. The van der Waals surface area contributed by atoms with Crippen molar-refractivity contribution in [3.05, 3.63) is 0 Å². The van der Waals surface area contributed by atoms with Gasteiger partial charge in [0.25, 0.3) is 0 Å². The monoisotopic (exact) mass is 266 g/mol. The van der Waals surface area contributed by atoms with Crippen LogP contribution in [0.4, 0.5) is 0 Å². The first-order valence-electron chi connectivity index (χ1n) is 8.52. The molecule has 19 heavy (non-hydrogen) atoms. The molecule has 1 aliphatic carbocycles. The van der Waals surface area contributed by atoms with Crippen LogP contribution in [0.5, 0.6) is 0 Å². The van der Waals surface area contributed by atoms with Crippen LogP contribution in [-0.4, -0.2) is 30.1 Å². The van der Waals surface area contributed by atoms with Gasteiger partial charge in [-0.1, -0.05) is 20.8 Å². The van der Waals surface area contributed by atoms with Gasteiger partial charge < -0.3 is 5.73 Å². The second-order valence-electron chi connectivity index (χ2n) is 7.53. The normalized spacial score (nSPS) is 38.4. The number of likely N-dealkylation sites (tertiary alicyclic amines) is 1. The molecular weight excluding hydrogens is 232 g/mol. The van der Waals surface area contributed by atoms with Crippen LogP contribution in [0.25, 0.3) is 0 Å². The van der Waals surface area contributed by atoms with E-state index in [1.54, 1.807) is 0 Å². The molecule has 0 aromatic heterocycles. The van der Waals surface area contributed by atoms with Crippen molar-refractivity contribution in [3.63, 3.8) is 0 Å². The van der Waals surface area contributed by atoms with Gasteiger partial charge in [-0.05, 0) is 75.8 Å². The number of nitrogens with zero attached hydrogens (tertiary/aromatic N) is 1. The molecule has 1 aliphatic heterocycles. The smallest absolute Gasteiger partial charge is 0.0331 e. The van der Waals surface area contributed by atoms with Crippen molar-refractivity contribution in [1.82, 2.24) is 4.90 Å². The summed E-state index contributed by atoms with van der Waals surface area (Å²) in [6, 6.07) is 0. The summed E-state index contributed by atoms with van der Waals surface area (Å²) in [5.74, 6) is 2.69. The Balaban J connectivity index is 1.99. The summed E-state index contributed by atoms with van der Waals surface area (Å²) >= 11 is 0. The Bertz CT molecular complexity index is 266. The lowest BCUT2D eigenvalue weighted by molar-refractivity contribution is 0.0462. The Morgan fingerprint density at radius 2 is 1.79 bits per heavy atom. The molecule has 2 fully saturated rings. The summed E-state index contributed by atoms with van der Waals surface area (Å²) in [5.41, 5.74) is 6.56. The molecule has 1 unspecified atom stereocenters. The zero-order chi connectivity index (χ0) is 13.9. The van der Waals surface area contributed by atoms with Gasteiger partial charge in [-0.2, -0.15) is 0 Å². The minimum atomic E-state index is 0.346. The number of nitrogens with two attached hydrogens (primary N) is 1. The summed E-state index contributed by atoms with van der Waals surface area (Å²) in [6.45, 7) is 10.6. The van der Waals surface area contributed by atoms with Gasteiger partial charge in [0, 0.05) is 12.1 Å². The molecule has 0 amide bonds. The summed E-state index contributed by atoms with van der Waals surface area (Å²) in [4.78, 5) is 2.78. The topological polar surface area (TPSA) is 29.3 Å². The van der Waals surface area contributed by atoms with Gasteiger partial charge >= 0.3 is 0 Å². The molecule has 2 aliphatic rings. The third-order valence-corrected chi connectivity index (χ3v) is 5.97. The highest BCUT2D eigenvalue weighted by Crippen LogP contribution is 2.38.